The van der Waals surface area contributed by atoms with E-state index in [0.29, 0.717) is 9.75 Å². The van der Waals surface area contributed by atoms with Crippen molar-refractivity contribution in [3.8, 4) is 0 Å². The fourth-order valence-corrected chi connectivity index (χ4v) is 3.85. The predicted molar refractivity (Wildman–Crippen MR) is 90.0 cm³/mol. The largest absolute Gasteiger partial charge is 0.365 e. The van der Waals surface area contributed by atoms with Gasteiger partial charge in [0, 0.05) is 11.0 Å². The van der Waals surface area contributed by atoms with Crippen LogP contribution in [0.5, 0.6) is 0 Å². The molecule has 0 spiro atoms. The smallest absolute Gasteiger partial charge is 0.264 e. The maximum atomic E-state index is 12.7. The molecule has 2 N–H and O–H groups in total. The molecule has 1 saturated heterocycles. The first-order valence-electron chi connectivity index (χ1n) is 7.02. The lowest BCUT2D eigenvalue weighted by molar-refractivity contribution is 0.0740. The zero-order valence-electron chi connectivity index (χ0n) is 11.8. The number of amides is 2. The van der Waals surface area contributed by atoms with Crippen molar-refractivity contribution in [2.45, 2.75) is 18.9 Å². The number of thiophene rings is 1. The Morgan fingerprint density at radius 2 is 1.82 bits per heavy atom. The number of likely N-dealkylation sites (tertiary alicyclic amines) is 1. The van der Waals surface area contributed by atoms with Crippen LogP contribution < -0.4 is 5.73 Å². The predicted octanol–water partition coefficient (Wildman–Crippen LogP) is 3.59. The fraction of sp³-hybridized carbons (Fsp3) is 0.250. The Bertz CT molecular complexity index is 711. The molecule has 1 atom stereocenters. The lowest BCUT2D eigenvalue weighted by Gasteiger charge is -2.24. The van der Waals surface area contributed by atoms with Crippen LogP contribution in [-0.4, -0.2) is 23.3 Å². The number of hydrogen-bond donors (Lipinski definition) is 1. The highest BCUT2D eigenvalue weighted by Gasteiger charge is 2.31. The Morgan fingerprint density at radius 1 is 1.14 bits per heavy atom. The minimum absolute atomic E-state index is 0.0251. The Labute approximate surface area is 141 Å². The Hall–Kier alpha value is -1.66. The molecule has 114 valence electrons. The maximum absolute atomic E-state index is 12.7. The summed E-state index contributed by atoms with van der Waals surface area (Å²) in [5.74, 6) is -0.516. The van der Waals surface area contributed by atoms with Crippen LogP contribution in [0.4, 0.5) is 0 Å². The second-order valence-corrected chi connectivity index (χ2v) is 7.24. The summed E-state index contributed by atoms with van der Waals surface area (Å²) in [5.41, 5.74) is 6.39. The van der Waals surface area contributed by atoms with E-state index in [1.54, 1.807) is 12.1 Å². The van der Waals surface area contributed by atoms with Gasteiger partial charge in [-0.25, -0.2) is 0 Å². The molecule has 1 fully saturated rings. The summed E-state index contributed by atoms with van der Waals surface area (Å²) in [5, 5.41) is 0. The summed E-state index contributed by atoms with van der Waals surface area (Å²) in [7, 11) is 0. The summed E-state index contributed by atoms with van der Waals surface area (Å²) in [4.78, 5) is 26.8. The summed E-state index contributed by atoms with van der Waals surface area (Å²) in [6.07, 6.45) is 1.95. The molecule has 3 rings (SSSR count). The molecule has 2 heterocycles. The molecule has 0 aliphatic carbocycles. The standard InChI is InChI=1S/C16H15BrN2O2S/c17-11-5-3-10(4-6-11)12-2-1-9-19(12)16(21)14-8-7-13(22-14)15(18)20/h3-8,12H,1-2,9H2,(H2,18,20). The lowest BCUT2D eigenvalue weighted by Crippen LogP contribution is -2.29. The third-order valence-corrected chi connectivity index (χ3v) is 5.44. The number of carbonyl (C=O) groups is 2. The maximum Gasteiger partial charge on any atom is 0.264 e. The Kier molecular flexibility index (Phi) is 4.31. The van der Waals surface area contributed by atoms with Gasteiger partial charge in [-0.3, -0.25) is 9.59 Å². The van der Waals surface area contributed by atoms with Gasteiger partial charge in [0.2, 0.25) is 0 Å². The van der Waals surface area contributed by atoms with Crippen molar-refractivity contribution in [2.24, 2.45) is 5.73 Å². The quantitative estimate of drug-likeness (QED) is 0.886. The third-order valence-electron chi connectivity index (χ3n) is 3.83. The lowest BCUT2D eigenvalue weighted by atomic mass is 10.0. The van der Waals surface area contributed by atoms with Crippen LogP contribution in [0.15, 0.2) is 40.9 Å². The van der Waals surface area contributed by atoms with E-state index in [1.165, 1.54) is 0 Å². The van der Waals surface area contributed by atoms with Crippen LogP contribution in [0, 0.1) is 0 Å². The number of benzene rings is 1. The van der Waals surface area contributed by atoms with Crippen molar-refractivity contribution < 1.29 is 9.59 Å². The van der Waals surface area contributed by atoms with Crippen LogP contribution >= 0.6 is 27.3 Å². The van der Waals surface area contributed by atoms with Gasteiger partial charge in [0.15, 0.2) is 0 Å². The minimum Gasteiger partial charge on any atom is -0.365 e. The number of nitrogens with zero attached hydrogens (tertiary/aromatic N) is 1. The summed E-state index contributed by atoms with van der Waals surface area (Å²) < 4.78 is 1.02. The van der Waals surface area contributed by atoms with Crippen molar-refractivity contribution in [1.29, 1.82) is 0 Å². The zero-order chi connectivity index (χ0) is 15.7. The van der Waals surface area contributed by atoms with Gasteiger partial charge < -0.3 is 10.6 Å². The summed E-state index contributed by atoms with van der Waals surface area (Å²) in [6, 6.07) is 11.5. The van der Waals surface area contributed by atoms with Crippen LogP contribution in [0.25, 0.3) is 0 Å². The van der Waals surface area contributed by atoms with Crippen LogP contribution in [0.1, 0.15) is 43.8 Å². The highest BCUT2D eigenvalue weighted by atomic mass is 79.9. The number of halogens is 1. The van der Waals surface area contributed by atoms with Crippen molar-refractivity contribution in [3.05, 3.63) is 56.2 Å². The Balaban J connectivity index is 1.84. The van der Waals surface area contributed by atoms with Crippen molar-refractivity contribution in [2.75, 3.05) is 6.54 Å². The second kappa shape index (κ2) is 6.22. The molecule has 0 bridgehead atoms. The molecule has 6 heteroatoms. The first-order chi connectivity index (χ1) is 10.6. The first kappa shape index (κ1) is 15.2. The highest BCUT2D eigenvalue weighted by molar-refractivity contribution is 9.10. The molecule has 2 amide bonds. The Morgan fingerprint density at radius 3 is 2.45 bits per heavy atom. The number of hydrogen-bond acceptors (Lipinski definition) is 3. The molecule has 4 nitrogen and oxygen atoms in total. The van der Waals surface area contributed by atoms with Gasteiger partial charge in [0.1, 0.15) is 0 Å². The third kappa shape index (κ3) is 2.94. The topological polar surface area (TPSA) is 63.4 Å². The van der Waals surface area contributed by atoms with E-state index in [4.69, 9.17) is 5.73 Å². The molecular formula is C16H15BrN2O2S. The minimum atomic E-state index is -0.491. The van der Waals surface area contributed by atoms with Gasteiger partial charge in [-0.2, -0.15) is 0 Å². The number of carbonyl (C=O) groups excluding carboxylic acids is 2. The second-order valence-electron chi connectivity index (χ2n) is 5.24. The summed E-state index contributed by atoms with van der Waals surface area (Å²) in [6.45, 7) is 0.739. The molecule has 1 aromatic heterocycles. The number of rotatable bonds is 3. The van der Waals surface area contributed by atoms with E-state index in [-0.39, 0.29) is 11.9 Å². The normalized spacial score (nSPS) is 17.7. The van der Waals surface area contributed by atoms with Crippen LogP contribution in [0.3, 0.4) is 0 Å². The molecular weight excluding hydrogens is 364 g/mol. The van der Waals surface area contributed by atoms with Gasteiger partial charge in [-0.15, -0.1) is 11.3 Å². The van der Waals surface area contributed by atoms with Gasteiger partial charge in [-0.1, -0.05) is 28.1 Å². The zero-order valence-corrected chi connectivity index (χ0v) is 14.2. The number of nitrogens with two attached hydrogens (primary N) is 1. The molecule has 0 saturated carbocycles. The SMILES string of the molecule is NC(=O)c1ccc(C(=O)N2CCCC2c2ccc(Br)cc2)s1. The summed E-state index contributed by atoms with van der Waals surface area (Å²) >= 11 is 4.59. The average Bonchev–Trinajstić information content (AvgIpc) is 3.17. The molecule has 1 aromatic carbocycles. The van der Waals surface area contributed by atoms with Crippen molar-refractivity contribution in [3.63, 3.8) is 0 Å². The average molecular weight is 379 g/mol. The van der Waals surface area contributed by atoms with Crippen LogP contribution in [-0.2, 0) is 0 Å². The van der Waals surface area contributed by atoms with E-state index >= 15 is 0 Å². The first-order valence-corrected chi connectivity index (χ1v) is 8.63. The van der Waals surface area contributed by atoms with E-state index < -0.39 is 5.91 Å². The fourth-order valence-electron chi connectivity index (χ4n) is 2.77. The number of primary amides is 1. The van der Waals surface area contributed by atoms with E-state index in [1.807, 2.05) is 29.2 Å². The van der Waals surface area contributed by atoms with Gasteiger partial charge in [0.25, 0.3) is 11.8 Å². The monoisotopic (exact) mass is 378 g/mol. The van der Waals surface area contributed by atoms with Crippen molar-refractivity contribution in [1.82, 2.24) is 4.90 Å². The molecule has 2 aromatic rings. The molecule has 0 radical (unpaired) electrons. The van der Waals surface area contributed by atoms with E-state index in [0.717, 1.165) is 40.8 Å². The molecule has 22 heavy (non-hydrogen) atoms. The molecule has 1 unspecified atom stereocenters. The highest BCUT2D eigenvalue weighted by Crippen LogP contribution is 2.34. The van der Waals surface area contributed by atoms with Gasteiger partial charge >= 0.3 is 0 Å². The van der Waals surface area contributed by atoms with E-state index in [9.17, 15) is 9.59 Å². The molecule has 1 aliphatic rings. The van der Waals surface area contributed by atoms with Gasteiger partial charge in [-0.05, 0) is 42.7 Å². The van der Waals surface area contributed by atoms with E-state index in [2.05, 4.69) is 15.9 Å². The van der Waals surface area contributed by atoms with Crippen molar-refractivity contribution >= 4 is 39.1 Å². The van der Waals surface area contributed by atoms with Crippen LogP contribution in [0.2, 0.25) is 0 Å². The van der Waals surface area contributed by atoms with Gasteiger partial charge in [0.05, 0.1) is 15.8 Å². The molecule has 1 aliphatic heterocycles.